The van der Waals surface area contributed by atoms with Crippen molar-refractivity contribution in [3.63, 3.8) is 0 Å². The third kappa shape index (κ3) is 9.51. The van der Waals surface area contributed by atoms with Crippen LogP contribution in [-0.2, 0) is 9.53 Å². The maximum absolute atomic E-state index is 10.9. The van der Waals surface area contributed by atoms with Gasteiger partial charge >= 0.3 is 5.97 Å². The molecule has 0 N–H and O–H groups in total. The molecule has 0 saturated heterocycles. The molecule has 0 atom stereocenters. The molecule has 0 unspecified atom stereocenters. The van der Waals surface area contributed by atoms with E-state index in [4.69, 9.17) is 4.74 Å². The van der Waals surface area contributed by atoms with Crippen molar-refractivity contribution in [1.82, 2.24) is 0 Å². The second kappa shape index (κ2) is 9.75. The summed E-state index contributed by atoms with van der Waals surface area (Å²) in [5.41, 5.74) is 0. The number of unbranched alkanes of at least 4 members (excludes halogenated alkanes) is 5. The van der Waals surface area contributed by atoms with Crippen LogP contribution in [0.15, 0.2) is 12.3 Å². The fraction of sp³-hybridized carbons (Fsp3) is 0.769. The largest absolute Gasteiger partial charge is 0.432 e. The van der Waals surface area contributed by atoms with Gasteiger partial charge in [-0.25, -0.2) is 0 Å². The number of allylic oxidation sites excluding steroid dienone is 1. The molecule has 2 heteroatoms. The Morgan fingerprint density at radius 2 is 1.67 bits per heavy atom. The topological polar surface area (TPSA) is 26.3 Å². The van der Waals surface area contributed by atoms with Crippen molar-refractivity contribution in [2.75, 3.05) is 0 Å². The number of ether oxygens (including phenoxy) is 1. The van der Waals surface area contributed by atoms with Gasteiger partial charge in [-0.1, -0.05) is 52.5 Å². The molecule has 0 rings (SSSR count). The highest BCUT2D eigenvalue weighted by atomic mass is 16.5. The Kier molecular flexibility index (Phi) is 9.24. The first-order chi connectivity index (χ1) is 7.20. The van der Waals surface area contributed by atoms with Gasteiger partial charge in [0.05, 0.1) is 0 Å². The van der Waals surface area contributed by atoms with Crippen LogP contribution < -0.4 is 0 Å². The number of esters is 1. The molecule has 88 valence electrons. The van der Waals surface area contributed by atoms with Crippen LogP contribution in [0.25, 0.3) is 0 Å². The third-order valence-corrected chi connectivity index (χ3v) is 2.36. The molecule has 0 amide bonds. The average molecular weight is 212 g/mol. The summed E-state index contributed by atoms with van der Waals surface area (Å²) in [5, 5.41) is 0. The molecule has 0 saturated carbocycles. The number of rotatable bonds is 9. The quantitative estimate of drug-likeness (QED) is 0.325. The summed E-state index contributed by atoms with van der Waals surface area (Å²) < 4.78 is 4.99. The van der Waals surface area contributed by atoms with Gasteiger partial charge in [-0.15, -0.1) is 0 Å². The van der Waals surface area contributed by atoms with Gasteiger partial charge in [0, 0.05) is 12.8 Å². The van der Waals surface area contributed by atoms with E-state index in [1.165, 1.54) is 32.1 Å². The van der Waals surface area contributed by atoms with Crippen molar-refractivity contribution in [2.24, 2.45) is 0 Å². The Bertz CT molecular complexity index is 185. The van der Waals surface area contributed by atoms with Gasteiger partial charge in [0.1, 0.15) is 5.76 Å². The molecule has 2 nitrogen and oxygen atoms in total. The Morgan fingerprint density at radius 1 is 1.07 bits per heavy atom. The van der Waals surface area contributed by atoms with Gasteiger partial charge in [0.25, 0.3) is 0 Å². The van der Waals surface area contributed by atoms with Crippen LogP contribution in [0.5, 0.6) is 0 Å². The van der Waals surface area contributed by atoms with Crippen LogP contribution in [0.4, 0.5) is 0 Å². The van der Waals surface area contributed by atoms with Crippen LogP contribution in [-0.4, -0.2) is 5.97 Å². The van der Waals surface area contributed by atoms with E-state index < -0.39 is 0 Å². The van der Waals surface area contributed by atoms with Crippen molar-refractivity contribution in [1.29, 1.82) is 0 Å². The van der Waals surface area contributed by atoms with Crippen LogP contribution in [0.1, 0.15) is 65.2 Å². The lowest BCUT2D eigenvalue weighted by Crippen LogP contribution is -2.01. The fourth-order valence-corrected chi connectivity index (χ4v) is 1.39. The molecule has 0 aromatic carbocycles. The number of hydrogen-bond donors (Lipinski definition) is 0. The molecule has 15 heavy (non-hydrogen) atoms. The fourth-order valence-electron chi connectivity index (χ4n) is 1.39. The highest BCUT2D eigenvalue weighted by Gasteiger charge is 2.01. The summed E-state index contributed by atoms with van der Waals surface area (Å²) in [6.07, 6.45) is 8.74. The van der Waals surface area contributed by atoms with E-state index in [1.54, 1.807) is 6.92 Å². The zero-order chi connectivity index (χ0) is 11.5. The number of carbonyl (C=O) groups is 1. The van der Waals surface area contributed by atoms with E-state index in [2.05, 4.69) is 13.5 Å². The first-order valence-electron chi connectivity index (χ1n) is 6.09. The first-order valence-corrected chi connectivity index (χ1v) is 6.09. The SMILES string of the molecule is C=C(CCCCCCCC)OC(=O)CC. The zero-order valence-electron chi connectivity index (χ0n) is 10.2. The molecule has 0 aromatic heterocycles. The second-order valence-electron chi connectivity index (χ2n) is 3.88. The average Bonchev–Trinajstić information content (AvgIpc) is 2.23. The molecule has 0 heterocycles. The van der Waals surface area contributed by atoms with Gasteiger partial charge in [-0.3, -0.25) is 4.79 Å². The van der Waals surface area contributed by atoms with E-state index in [1.807, 2.05) is 0 Å². The highest BCUT2D eigenvalue weighted by molar-refractivity contribution is 5.69. The summed E-state index contributed by atoms with van der Waals surface area (Å²) in [4.78, 5) is 10.9. The van der Waals surface area contributed by atoms with Gasteiger partial charge in [-0.2, -0.15) is 0 Å². The van der Waals surface area contributed by atoms with Crippen molar-refractivity contribution in [3.8, 4) is 0 Å². The van der Waals surface area contributed by atoms with E-state index in [0.717, 1.165) is 12.8 Å². The molecule has 0 aliphatic heterocycles. The second-order valence-corrected chi connectivity index (χ2v) is 3.88. The highest BCUT2D eigenvalue weighted by Crippen LogP contribution is 2.11. The lowest BCUT2D eigenvalue weighted by atomic mass is 10.1. The summed E-state index contributed by atoms with van der Waals surface area (Å²) in [6.45, 7) is 7.74. The predicted molar refractivity (Wildman–Crippen MR) is 63.5 cm³/mol. The predicted octanol–water partition coefficient (Wildman–Crippen LogP) is 4.20. The number of carbonyl (C=O) groups excluding carboxylic acids is 1. The zero-order valence-corrected chi connectivity index (χ0v) is 10.2. The molecule has 0 bridgehead atoms. The minimum absolute atomic E-state index is 0.175. The maximum atomic E-state index is 10.9. The Labute approximate surface area is 93.7 Å². The van der Waals surface area contributed by atoms with E-state index in [-0.39, 0.29) is 5.97 Å². The van der Waals surface area contributed by atoms with E-state index in [9.17, 15) is 4.79 Å². The van der Waals surface area contributed by atoms with Crippen molar-refractivity contribution in [2.45, 2.75) is 65.2 Å². The molecule has 0 radical (unpaired) electrons. The van der Waals surface area contributed by atoms with Crippen molar-refractivity contribution in [3.05, 3.63) is 12.3 Å². The van der Waals surface area contributed by atoms with Crippen LogP contribution in [0.3, 0.4) is 0 Å². The standard InChI is InChI=1S/C13H24O2/c1-4-6-7-8-9-10-11-12(3)15-13(14)5-2/h3-11H2,1-2H3. The normalized spacial score (nSPS) is 10.0. The van der Waals surface area contributed by atoms with Crippen molar-refractivity contribution < 1.29 is 9.53 Å². The molecule has 0 aliphatic rings. The van der Waals surface area contributed by atoms with Crippen LogP contribution in [0, 0.1) is 0 Å². The minimum atomic E-state index is -0.175. The Hall–Kier alpha value is -0.790. The van der Waals surface area contributed by atoms with Gasteiger partial charge < -0.3 is 4.74 Å². The van der Waals surface area contributed by atoms with E-state index >= 15 is 0 Å². The maximum Gasteiger partial charge on any atom is 0.310 e. The van der Waals surface area contributed by atoms with Crippen molar-refractivity contribution >= 4 is 5.97 Å². The van der Waals surface area contributed by atoms with Crippen LogP contribution >= 0.6 is 0 Å². The molecule has 0 fully saturated rings. The monoisotopic (exact) mass is 212 g/mol. The molecular weight excluding hydrogens is 188 g/mol. The summed E-state index contributed by atoms with van der Waals surface area (Å²) in [5.74, 6) is 0.448. The smallest absolute Gasteiger partial charge is 0.310 e. The summed E-state index contributed by atoms with van der Waals surface area (Å²) >= 11 is 0. The van der Waals surface area contributed by atoms with Gasteiger partial charge in [0.15, 0.2) is 0 Å². The summed E-state index contributed by atoms with van der Waals surface area (Å²) in [7, 11) is 0. The molecule has 0 spiro atoms. The van der Waals surface area contributed by atoms with E-state index in [0.29, 0.717) is 12.2 Å². The molecule has 0 aromatic rings. The Balaban J connectivity index is 3.28. The van der Waals surface area contributed by atoms with Gasteiger partial charge in [0.2, 0.25) is 0 Å². The van der Waals surface area contributed by atoms with Gasteiger partial charge in [-0.05, 0) is 6.42 Å². The number of hydrogen-bond acceptors (Lipinski definition) is 2. The van der Waals surface area contributed by atoms with Crippen LogP contribution in [0.2, 0.25) is 0 Å². The lowest BCUT2D eigenvalue weighted by molar-refractivity contribution is -0.139. The molecular formula is C13H24O2. The minimum Gasteiger partial charge on any atom is -0.432 e. The third-order valence-electron chi connectivity index (χ3n) is 2.36. The Morgan fingerprint density at radius 3 is 2.27 bits per heavy atom. The molecule has 0 aliphatic carbocycles. The first kappa shape index (κ1) is 14.2. The lowest BCUT2D eigenvalue weighted by Gasteiger charge is -2.05. The summed E-state index contributed by atoms with van der Waals surface area (Å²) in [6, 6.07) is 0.